The Balaban J connectivity index is 4.81. The SMILES string of the molecule is CC(C)[C@H](NC(=O)CNC(=O)[C@H](CCCN=C(N)N)NC(=O)CN)C(=O)NCC(=O)O. The molecule has 0 aliphatic heterocycles. The van der Waals surface area contributed by atoms with Gasteiger partial charge >= 0.3 is 5.97 Å². The second kappa shape index (κ2) is 14.5. The smallest absolute Gasteiger partial charge is 0.322 e. The van der Waals surface area contributed by atoms with Crippen molar-refractivity contribution in [2.24, 2.45) is 28.1 Å². The lowest BCUT2D eigenvalue weighted by molar-refractivity contribution is -0.138. The third-order valence-corrected chi connectivity index (χ3v) is 3.89. The van der Waals surface area contributed by atoms with Gasteiger partial charge in [0.2, 0.25) is 23.6 Å². The summed E-state index contributed by atoms with van der Waals surface area (Å²) in [5.74, 6) is -4.16. The standard InChI is InChI=1S/C17H32N8O6/c1-9(2)14(16(31)23-8-13(28)29)25-12(27)7-22-15(30)10(24-11(26)6-18)4-3-5-21-17(19)20/h9-10,14H,3-8,18H2,1-2H3,(H,22,30)(H,23,31)(H,24,26)(H,25,27)(H,28,29)(H4,19,20,21)/t10-,14-/m0/s1. The molecule has 0 heterocycles. The first-order valence-electron chi connectivity index (χ1n) is 9.59. The van der Waals surface area contributed by atoms with Crippen LogP contribution < -0.4 is 38.5 Å². The summed E-state index contributed by atoms with van der Waals surface area (Å²) in [6.07, 6.45) is 0.578. The van der Waals surface area contributed by atoms with Gasteiger partial charge in [-0.3, -0.25) is 29.0 Å². The third kappa shape index (κ3) is 12.7. The molecular weight excluding hydrogens is 412 g/mol. The van der Waals surface area contributed by atoms with Crippen molar-refractivity contribution < 1.29 is 29.1 Å². The molecule has 0 bridgehead atoms. The van der Waals surface area contributed by atoms with Crippen LogP contribution in [0.5, 0.6) is 0 Å². The van der Waals surface area contributed by atoms with Crippen LogP contribution in [0.4, 0.5) is 0 Å². The van der Waals surface area contributed by atoms with Crippen LogP contribution in [0.2, 0.25) is 0 Å². The van der Waals surface area contributed by atoms with Crippen LogP contribution in [0.1, 0.15) is 26.7 Å². The number of amides is 4. The molecule has 0 saturated carbocycles. The van der Waals surface area contributed by atoms with Gasteiger partial charge in [0.1, 0.15) is 18.6 Å². The molecule has 0 saturated heterocycles. The maximum atomic E-state index is 12.4. The van der Waals surface area contributed by atoms with Gasteiger partial charge in [0, 0.05) is 6.54 Å². The fraction of sp³-hybridized carbons (Fsp3) is 0.647. The quantitative estimate of drug-likeness (QED) is 0.0736. The van der Waals surface area contributed by atoms with Gasteiger partial charge in [0.25, 0.3) is 0 Å². The van der Waals surface area contributed by atoms with Crippen molar-refractivity contribution in [2.75, 3.05) is 26.2 Å². The van der Waals surface area contributed by atoms with E-state index in [0.717, 1.165) is 0 Å². The Labute approximate surface area is 179 Å². The highest BCUT2D eigenvalue weighted by Gasteiger charge is 2.25. The highest BCUT2D eigenvalue weighted by atomic mass is 16.4. The normalized spacial score (nSPS) is 12.3. The molecule has 176 valence electrons. The van der Waals surface area contributed by atoms with E-state index >= 15 is 0 Å². The zero-order valence-corrected chi connectivity index (χ0v) is 17.6. The van der Waals surface area contributed by atoms with Crippen molar-refractivity contribution in [3.8, 4) is 0 Å². The monoisotopic (exact) mass is 444 g/mol. The van der Waals surface area contributed by atoms with Crippen LogP contribution in [0.3, 0.4) is 0 Å². The van der Waals surface area contributed by atoms with E-state index < -0.39 is 54.8 Å². The second-order valence-corrected chi connectivity index (χ2v) is 6.89. The molecule has 0 spiro atoms. The van der Waals surface area contributed by atoms with Crippen molar-refractivity contribution in [1.82, 2.24) is 21.3 Å². The van der Waals surface area contributed by atoms with E-state index in [1.807, 2.05) is 0 Å². The van der Waals surface area contributed by atoms with E-state index in [1.54, 1.807) is 13.8 Å². The zero-order valence-electron chi connectivity index (χ0n) is 17.6. The fourth-order valence-corrected chi connectivity index (χ4v) is 2.35. The van der Waals surface area contributed by atoms with Gasteiger partial charge in [-0.25, -0.2) is 0 Å². The van der Waals surface area contributed by atoms with Crippen molar-refractivity contribution in [1.29, 1.82) is 0 Å². The summed E-state index contributed by atoms with van der Waals surface area (Å²) in [7, 11) is 0. The Hall–Kier alpha value is -3.42. The number of nitrogens with one attached hydrogen (secondary N) is 4. The van der Waals surface area contributed by atoms with E-state index in [4.69, 9.17) is 22.3 Å². The summed E-state index contributed by atoms with van der Waals surface area (Å²) in [6, 6.07) is -1.95. The Morgan fingerprint density at radius 1 is 0.935 bits per heavy atom. The maximum Gasteiger partial charge on any atom is 0.322 e. The van der Waals surface area contributed by atoms with Gasteiger partial charge in [-0.1, -0.05) is 13.8 Å². The summed E-state index contributed by atoms with van der Waals surface area (Å²) >= 11 is 0. The first-order chi connectivity index (χ1) is 14.5. The topological polar surface area (TPSA) is 244 Å². The Kier molecular flexibility index (Phi) is 12.9. The molecule has 0 unspecified atom stereocenters. The van der Waals surface area contributed by atoms with Crippen LogP contribution in [0.25, 0.3) is 0 Å². The molecule has 14 heteroatoms. The molecule has 0 radical (unpaired) electrons. The number of nitrogens with two attached hydrogens (primary N) is 3. The molecule has 11 N–H and O–H groups in total. The molecule has 0 aliphatic carbocycles. The molecule has 0 aliphatic rings. The maximum absolute atomic E-state index is 12.4. The van der Waals surface area contributed by atoms with Crippen LogP contribution in [0, 0.1) is 5.92 Å². The number of aliphatic carboxylic acids is 1. The largest absolute Gasteiger partial charge is 0.480 e. The molecule has 0 aromatic heterocycles. The molecule has 0 rings (SSSR count). The Morgan fingerprint density at radius 3 is 2.06 bits per heavy atom. The summed E-state index contributed by atoms with van der Waals surface area (Å²) in [5.41, 5.74) is 15.7. The van der Waals surface area contributed by atoms with Gasteiger partial charge in [-0.15, -0.1) is 0 Å². The lowest BCUT2D eigenvalue weighted by Gasteiger charge is -2.22. The van der Waals surface area contributed by atoms with E-state index in [0.29, 0.717) is 6.42 Å². The van der Waals surface area contributed by atoms with Gasteiger partial charge in [-0.05, 0) is 18.8 Å². The third-order valence-electron chi connectivity index (χ3n) is 3.89. The number of nitrogens with zero attached hydrogens (tertiary/aromatic N) is 1. The summed E-state index contributed by atoms with van der Waals surface area (Å²) in [5, 5.41) is 18.1. The number of carbonyl (C=O) groups is 5. The predicted molar refractivity (Wildman–Crippen MR) is 111 cm³/mol. The van der Waals surface area contributed by atoms with Gasteiger partial charge < -0.3 is 43.6 Å². The summed E-state index contributed by atoms with van der Waals surface area (Å²) < 4.78 is 0. The summed E-state index contributed by atoms with van der Waals surface area (Å²) in [6.45, 7) is 2.21. The number of guanidine groups is 1. The van der Waals surface area contributed by atoms with Gasteiger partial charge in [0.05, 0.1) is 13.1 Å². The van der Waals surface area contributed by atoms with E-state index in [9.17, 15) is 24.0 Å². The number of hydrogen-bond donors (Lipinski definition) is 8. The van der Waals surface area contributed by atoms with Crippen LogP contribution in [-0.2, 0) is 24.0 Å². The van der Waals surface area contributed by atoms with Crippen molar-refractivity contribution >= 4 is 35.6 Å². The molecule has 4 amide bonds. The minimum atomic E-state index is -1.22. The average molecular weight is 444 g/mol. The molecule has 0 aromatic carbocycles. The molecule has 2 atom stereocenters. The Morgan fingerprint density at radius 2 is 1.55 bits per heavy atom. The highest BCUT2D eigenvalue weighted by molar-refractivity contribution is 5.93. The van der Waals surface area contributed by atoms with E-state index in [2.05, 4.69) is 26.3 Å². The van der Waals surface area contributed by atoms with Crippen molar-refractivity contribution in [2.45, 2.75) is 38.8 Å². The second-order valence-electron chi connectivity index (χ2n) is 6.89. The molecule has 0 fully saturated rings. The number of aliphatic imine (C=N–C) groups is 1. The number of hydrogen-bond acceptors (Lipinski definition) is 7. The van der Waals surface area contributed by atoms with Crippen LogP contribution in [-0.4, -0.2) is 78.9 Å². The average Bonchev–Trinajstić information content (AvgIpc) is 2.69. The highest BCUT2D eigenvalue weighted by Crippen LogP contribution is 2.02. The minimum Gasteiger partial charge on any atom is -0.480 e. The number of carboxylic acids is 1. The van der Waals surface area contributed by atoms with E-state index in [1.165, 1.54) is 0 Å². The van der Waals surface area contributed by atoms with Crippen molar-refractivity contribution in [3.05, 3.63) is 0 Å². The molecule has 0 aromatic rings. The first kappa shape index (κ1) is 27.6. The van der Waals surface area contributed by atoms with Crippen molar-refractivity contribution in [3.63, 3.8) is 0 Å². The summed E-state index contributed by atoms with van der Waals surface area (Å²) in [4.78, 5) is 62.5. The fourth-order valence-electron chi connectivity index (χ4n) is 2.35. The zero-order chi connectivity index (χ0) is 24.0. The van der Waals surface area contributed by atoms with Gasteiger partial charge in [0.15, 0.2) is 5.96 Å². The Bertz CT molecular complexity index is 678. The van der Waals surface area contributed by atoms with Crippen LogP contribution in [0.15, 0.2) is 4.99 Å². The molecule has 14 nitrogen and oxygen atoms in total. The minimum absolute atomic E-state index is 0.101. The predicted octanol–water partition coefficient (Wildman–Crippen LogP) is -4.06. The lowest BCUT2D eigenvalue weighted by Crippen LogP contribution is -2.54. The molecular formula is C17H32N8O6. The number of rotatable bonds is 14. The lowest BCUT2D eigenvalue weighted by atomic mass is 10.0. The first-order valence-corrected chi connectivity index (χ1v) is 9.59. The van der Waals surface area contributed by atoms with Crippen LogP contribution >= 0.6 is 0 Å². The molecule has 31 heavy (non-hydrogen) atoms. The van der Waals surface area contributed by atoms with E-state index in [-0.39, 0.29) is 31.4 Å². The number of carbonyl (C=O) groups excluding carboxylic acids is 4. The van der Waals surface area contributed by atoms with Gasteiger partial charge in [-0.2, -0.15) is 0 Å². The number of carboxylic acid groups (broad SMARTS) is 1.